The molecule has 1 amide bonds. The van der Waals surface area contributed by atoms with E-state index in [1.807, 2.05) is 24.0 Å². The van der Waals surface area contributed by atoms with Gasteiger partial charge in [0.05, 0.1) is 26.2 Å². The fraction of sp³-hybridized carbons (Fsp3) is 0.360. The topological polar surface area (TPSA) is 67.4 Å². The van der Waals surface area contributed by atoms with Crippen LogP contribution in [0.2, 0.25) is 0 Å². The molecule has 1 aromatic heterocycles. The number of amides is 1. The molecule has 2 aromatic carbocycles. The van der Waals surface area contributed by atoms with Crippen molar-refractivity contribution >= 4 is 5.91 Å². The molecular formula is C25H32N4O2+2. The Hall–Kier alpha value is -2.96. The lowest BCUT2D eigenvalue weighted by atomic mass is 9.98. The third kappa shape index (κ3) is 5.60. The van der Waals surface area contributed by atoms with Gasteiger partial charge in [-0.05, 0) is 13.8 Å². The van der Waals surface area contributed by atoms with Crippen molar-refractivity contribution in [2.45, 2.75) is 26.4 Å². The maximum Gasteiger partial charge on any atom is 0.278 e. The quantitative estimate of drug-likeness (QED) is 0.596. The summed E-state index contributed by atoms with van der Waals surface area (Å²) in [6, 6.07) is 21.2. The lowest BCUT2D eigenvalue weighted by Crippen LogP contribution is -3.13. The van der Waals surface area contributed by atoms with E-state index in [-0.39, 0.29) is 11.9 Å². The third-order valence-electron chi connectivity index (χ3n) is 6.05. The van der Waals surface area contributed by atoms with Gasteiger partial charge >= 0.3 is 0 Å². The van der Waals surface area contributed by atoms with E-state index in [0.29, 0.717) is 6.54 Å². The summed E-state index contributed by atoms with van der Waals surface area (Å²) in [5, 5.41) is 6.26. The number of carbonyl (C=O) groups is 1. The Morgan fingerprint density at radius 1 is 1.06 bits per heavy atom. The maximum absolute atomic E-state index is 12.9. The molecule has 3 N–H and O–H groups in total. The van der Waals surface area contributed by atoms with Crippen molar-refractivity contribution in [1.82, 2.24) is 10.1 Å². The second-order valence-corrected chi connectivity index (χ2v) is 8.48. The third-order valence-corrected chi connectivity index (χ3v) is 6.05. The largest absolute Gasteiger partial charge is 0.361 e. The minimum absolute atomic E-state index is 0.119. The zero-order chi connectivity index (χ0) is 21.6. The fourth-order valence-corrected chi connectivity index (χ4v) is 4.25. The van der Waals surface area contributed by atoms with Crippen LogP contribution >= 0.6 is 0 Å². The summed E-state index contributed by atoms with van der Waals surface area (Å²) in [5.41, 5.74) is 4.68. The van der Waals surface area contributed by atoms with E-state index in [0.717, 1.165) is 44.2 Å². The number of rotatable bonds is 7. The number of carbonyl (C=O) groups excluding carboxylic acids is 1. The minimum Gasteiger partial charge on any atom is -0.361 e. The van der Waals surface area contributed by atoms with E-state index in [4.69, 9.17) is 4.52 Å². The molecule has 162 valence electrons. The number of aromatic nitrogens is 1. The van der Waals surface area contributed by atoms with Gasteiger partial charge in [-0.1, -0.05) is 65.3 Å². The fourth-order valence-electron chi connectivity index (χ4n) is 4.25. The van der Waals surface area contributed by atoms with Gasteiger partial charge in [0.25, 0.3) is 5.91 Å². The molecule has 6 heteroatoms. The van der Waals surface area contributed by atoms with Gasteiger partial charge in [-0.25, -0.2) is 0 Å². The Kier molecular flexibility index (Phi) is 6.79. The average molecular weight is 421 g/mol. The van der Waals surface area contributed by atoms with Crippen LogP contribution in [0.4, 0.5) is 0 Å². The summed E-state index contributed by atoms with van der Waals surface area (Å²) in [7, 11) is 0. The van der Waals surface area contributed by atoms with Crippen LogP contribution in [-0.4, -0.2) is 48.7 Å². The Morgan fingerprint density at radius 3 is 2.39 bits per heavy atom. The first-order valence-corrected chi connectivity index (χ1v) is 11.1. The van der Waals surface area contributed by atoms with Crippen molar-refractivity contribution in [2.24, 2.45) is 0 Å². The van der Waals surface area contributed by atoms with Crippen LogP contribution in [0.5, 0.6) is 0 Å². The highest BCUT2D eigenvalue weighted by molar-refractivity contribution is 5.77. The maximum atomic E-state index is 12.9. The highest BCUT2D eigenvalue weighted by Crippen LogP contribution is 2.18. The molecule has 31 heavy (non-hydrogen) atoms. The van der Waals surface area contributed by atoms with Gasteiger partial charge in [0, 0.05) is 17.2 Å². The van der Waals surface area contributed by atoms with Crippen molar-refractivity contribution in [3.8, 4) is 0 Å². The van der Waals surface area contributed by atoms with E-state index in [9.17, 15) is 4.79 Å². The van der Waals surface area contributed by atoms with Gasteiger partial charge in [0.1, 0.15) is 24.0 Å². The average Bonchev–Trinajstić information content (AvgIpc) is 3.20. The van der Waals surface area contributed by atoms with Crippen LogP contribution in [0, 0.1) is 13.8 Å². The van der Waals surface area contributed by atoms with Gasteiger partial charge in [-0.15, -0.1) is 0 Å². The number of piperazine rings is 1. The molecule has 0 spiro atoms. The molecule has 1 saturated heterocycles. The monoisotopic (exact) mass is 420 g/mol. The number of hydrogen-bond donors (Lipinski definition) is 2. The summed E-state index contributed by atoms with van der Waals surface area (Å²) < 4.78 is 5.17. The number of nitrogens with one attached hydrogen (secondary N) is 1. The van der Waals surface area contributed by atoms with Crippen LogP contribution in [0.15, 0.2) is 65.2 Å². The smallest absolute Gasteiger partial charge is 0.278 e. The van der Waals surface area contributed by atoms with Gasteiger partial charge in [-0.2, -0.15) is 0 Å². The second kappa shape index (κ2) is 9.90. The molecule has 0 bridgehead atoms. The molecule has 3 aromatic rings. The predicted molar refractivity (Wildman–Crippen MR) is 118 cm³/mol. The second-order valence-electron chi connectivity index (χ2n) is 8.48. The molecule has 1 aliphatic heterocycles. The molecule has 0 saturated carbocycles. The number of nitrogens with zero attached hydrogens (tertiary/aromatic N) is 2. The van der Waals surface area contributed by atoms with Crippen LogP contribution < -0.4 is 10.2 Å². The first-order valence-electron chi connectivity index (χ1n) is 11.1. The molecule has 1 aliphatic rings. The summed E-state index contributed by atoms with van der Waals surface area (Å²) in [6.07, 6.45) is 0. The highest BCUT2D eigenvalue weighted by atomic mass is 16.5. The van der Waals surface area contributed by atoms with E-state index < -0.39 is 0 Å². The Balaban J connectivity index is 1.33. The van der Waals surface area contributed by atoms with Crippen molar-refractivity contribution < 1.29 is 19.5 Å². The molecule has 1 atom stereocenters. The molecule has 6 nitrogen and oxygen atoms in total. The lowest BCUT2D eigenvalue weighted by molar-refractivity contribution is -0.918. The highest BCUT2D eigenvalue weighted by Gasteiger charge is 2.27. The van der Waals surface area contributed by atoms with Crippen LogP contribution in [0.3, 0.4) is 0 Å². The number of nitrogens with two attached hydrogens (primary N) is 1. The van der Waals surface area contributed by atoms with Crippen molar-refractivity contribution in [2.75, 3.05) is 32.7 Å². The molecule has 0 aliphatic carbocycles. The molecule has 0 unspecified atom stereocenters. The van der Waals surface area contributed by atoms with Gasteiger partial charge in [0.2, 0.25) is 0 Å². The number of benzene rings is 2. The Bertz CT molecular complexity index is 976. The summed E-state index contributed by atoms with van der Waals surface area (Å²) in [4.78, 5) is 16.4. The number of aryl methyl sites for hydroxylation is 2. The molecule has 4 rings (SSSR count). The summed E-state index contributed by atoms with van der Waals surface area (Å²) in [5.74, 6) is 1.06. The van der Waals surface area contributed by atoms with Crippen LogP contribution in [0.25, 0.3) is 0 Å². The van der Waals surface area contributed by atoms with E-state index >= 15 is 0 Å². The molecule has 1 fully saturated rings. The number of hydrogen-bond acceptors (Lipinski definition) is 3. The normalized spacial score (nSPS) is 15.7. The zero-order valence-electron chi connectivity index (χ0n) is 18.4. The predicted octanol–water partition coefficient (Wildman–Crippen LogP) is 0.872. The summed E-state index contributed by atoms with van der Waals surface area (Å²) in [6.45, 7) is 8.78. The minimum atomic E-state index is 0.119. The molecule has 2 heterocycles. The van der Waals surface area contributed by atoms with Gasteiger partial charge in [-0.3, -0.25) is 4.79 Å². The van der Waals surface area contributed by atoms with Crippen molar-refractivity contribution in [3.05, 3.63) is 88.8 Å². The summed E-state index contributed by atoms with van der Waals surface area (Å²) >= 11 is 0. The van der Waals surface area contributed by atoms with Crippen LogP contribution in [-0.2, 0) is 11.3 Å². The van der Waals surface area contributed by atoms with E-state index in [1.54, 1.807) is 0 Å². The van der Waals surface area contributed by atoms with Crippen molar-refractivity contribution in [1.29, 1.82) is 0 Å². The van der Waals surface area contributed by atoms with Gasteiger partial charge in [0.15, 0.2) is 6.54 Å². The Morgan fingerprint density at radius 2 is 1.74 bits per heavy atom. The first-order chi connectivity index (χ1) is 15.1. The zero-order valence-corrected chi connectivity index (χ0v) is 18.4. The van der Waals surface area contributed by atoms with Crippen molar-refractivity contribution in [3.63, 3.8) is 0 Å². The number of quaternary nitrogens is 2. The van der Waals surface area contributed by atoms with E-state index in [1.165, 1.54) is 21.6 Å². The first kappa shape index (κ1) is 21.3. The SMILES string of the molecule is Cc1ccc([C@H]([NH2+]CC(=O)N2CC[NH+](Cc3cc(C)on3)CC2)c2ccccc2)cc1. The molecular weight excluding hydrogens is 388 g/mol. The van der Waals surface area contributed by atoms with E-state index in [2.05, 4.69) is 65.9 Å². The van der Waals surface area contributed by atoms with Crippen LogP contribution in [0.1, 0.15) is 34.2 Å². The lowest BCUT2D eigenvalue weighted by Gasteiger charge is -2.31. The molecule has 0 radical (unpaired) electrons. The van der Waals surface area contributed by atoms with Gasteiger partial charge < -0.3 is 19.6 Å². The Labute approximate surface area is 183 Å². The standard InChI is InChI=1S/C25H30N4O2/c1-19-8-10-22(11-9-19)25(21-6-4-3-5-7-21)26-17-24(30)29-14-12-28(13-15-29)18-23-16-20(2)31-27-23/h3-11,16,25-26H,12-15,17-18H2,1-2H3/p+2/t25-/m1/s1.